The Bertz CT molecular complexity index is 3270. The van der Waals surface area contributed by atoms with Crippen molar-refractivity contribution >= 4 is 57.0 Å². The number of rotatable bonds is 8. The van der Waals surface area contributed by atoms with E-state index in [1.54, 1.807) is 0 Å². The molecule has 0 atom stereocenters. The summed E-state index contributed by atoms with van der Waals surface area (Å²) < 4.78 is 17.4. The van der Waals surface area contributed by atoms with Gasteiger partial charge in [-0.2, -0.15) is 0 Å². The maximum Gasteiger partial charge on any atom is 0.120 e. The zero-order valence-corrected chi connectivity index (χ0v) is 41.6. The van der Waals surface area contributed by atoms with Crippen molar-refractivity contribution in [2.75, 3.05) is 0 Å². The molecule has 64 heavy (non-hydrogen) atoms. The van der Waals surface area contributed by atoms with E-state index < -0.39 is 14.0 Å². The van der Waals surface area contributed by atoms with Crippen LogP contribution in [0.3, 0.4) is 0 Å². The molecular weight excluding hydrogens is 975 g/mol. The predicted octanol–water partition coefficient (Wildman–Crippen LogP) is 15.7. The van der Waals surface area contributed by atoms with E-state index in [1.807, 2.05) is 62.5 Å². The van der Waals surface area contributed by atoms with Gasteiger partial charge in [0.2, 0.25) is 0 Å². The van der Waals surface area contributed by atoms with E-state index in [0.717, 1.165) is 61.2 Å². The Labute approximate surface area is 394 Å². The fourth-order valence-electron chi connectivity index (χ4n) is 8.86. The quantitative estimate of drug-likeness (QED) is 0.113. The minimum absolute atomic E-state index is 0. The summed E-state index contributed by atoms with van der Waals surface area (Å²) in [6.45, 7) is 20.0. The van der Waals surface area contributed by atoms with Crippen LogP contribution >= 0.6 is 0 Å². The van der Waals surface area contributed by atoms with Gasteiger partial charge in [0.25, 0.3) is 0 Å². The third kappa shape index (κ3) is 8.43. The van der Waals surface area contributed by atoms with Crippen LogP contribution in [0.4, 0.5) is 0 Å². The number of furan rings is 1. The second-order valence-electron chi connectivity index (χ2n) is 18.4. The van der Waals surface area contributed by atoms with Crippen LogP contribution in [0.25, 0.3) is 83.2 Å². The van der Waals surface area contributed by atoms with Gasteiger partial charge in [-0.05, 0) is 80.5 Å². The molecule has 10 rings (SSSR count). The van der Waals surface area contributed by atoms with Crippen LogP contribution in [0.1, 0.15) is 77.3 Å². The summed E-state index contributed by atoms with van der Waals surface area (Å²) in [5.74, 6) is 0.786. The second kappa shape index (κ2) is 18.3. The molecule has 7 aromatic carbocycles. The predicted molar refractivity (Wildman–Crippen MR) is 269 cm³/mol. The van der Waals surface area contributed by atoms with Crippen molar-refractivity contribution in [2.45, 2.75) is 78.9 Å². The van der Waals surface area contributed by atoms with Gasteiger partial charge in [-0.1, -0.05) is 163 Å². The fourth-order valence-corrected chi connectivity index (χ4v) is 10.4. The molecule has 10 aromatic rings. The molecule has 3 aromatic heterocycles. The summed E-state index contributed by atoms with van der Waals surface area (Å²) in [5, 5.41) is 5.82. The Balaban J connectivity index is 0.000000232. The topological polar surface area (TPSA) is 43.9 Å². The van der Waals surface area contributed by atoms with Gasteiger partial charge in [0, 0.05) is 44.1 Å². The normalized spacial score (nSPS) is 12.2. The Morgan fingerprint density at radius 3 is 1.98 bits per heavy atom. The molecule has 3 heterocycles. The van der Waals surface area contributed by atoms with Crippen LogP contribution in [-0.4, -0.2) is 22.6 Å². The third-order valence-corrected chi connectivity index (χ3v) is 14.1. The van der Waals surface area contributed by atoms with Gasteiger partial charge < -0.3 is 14.0 Å². The SMILES string of the molecule is CC(C)c1cc(-c2ccccc2)cc(C(C)C)c1-n1c(-c2[c-]ccc3c2oc2ccccc23)nc2ccc3ccccc3c21.[2H]C(C)(C)c1cc(-c2[c-]cccc2)ncc1[Si](C)(C)C.[Ir]. The molecule has 0 bridgehead atoms. The minimum Gasteiger partial charge on any atom is -0.501 e. The maximum atomic E-state index is 8.44. The first-order valence-corrected chi connectivity index (χ1v) is 25.6. The molecule has 0 unspecified atom stereocenters. The second-order valence-corrected chi connectivity index (χ2v) is 23.5. The molecule has 0 amide bonds. The van der Waals surface area contributed by atoms with Crippen molar-refractivity contribution in [3.05, 3.63) is 181 Å². The molecule has 6 heteroatoms. The monoisotopic (exact) mass is 1030 g/mol. The van der Waals surface area contributed by atoms with E-state index in [2.05, 4.69) is 172 Å². The average Bonchev–Trinajstić information content (AvgIpc) is 3.88. The van der Waals surface area contributed by atoms with Crippen molar-refractivity contribution in [1.29, 1.82) is 0 Å². The number of hydrogen-bond donors (Lipinski definition) is 0. The minimum atomic E-state index is -1.50. The molecule has 0 aliphatic heterocycles. The van der Waals surface area contributed by atoms with Crippen LogP contribution in [0.5, 0.6) is 0 Å². The Hall–Kier alpha value is -5.91. The van der Waals surface area contributed by atoms with E-state index in [0.29, 0.717) is 0 Å². The number of imidazole rings is 1. The molecule has 0 aliphatic rings. The van der Waals surface area contributed by atoms with Gasteiger partial charge in [-0.3, -0.25) is 4.98 Å². The van der Waals surface area contributed by atoms with Gasteiger partial charge in [-0.25, -0.2) is 0 Å². The summed E-state index contributed by atoms with van der Waals surface area (Å²) in [4.78, 5) is 9.99. The van der Waals surface area contributed by atoms with Crippen molar-refractivity contribution < 1.29 is 25.9 Å². The van der Waals surface area contributed by atoms with Gasteiger partial charge in [0.05, 0.1) is 30.5 Å². The molecule has 0 spiro atoms. The average molecular weight is 1030 g/mol. The van der Waals surface area contributed by atoms with Crippen LogP contribution < -0.4 is 5.19 Å². The number of benzene rings is 7. The van der Waals surface area contributed by atoms with Crippen LogP contribution in [-0.2, 0) is 20.1 Å². The van der Waals surface area contributed by atoms with Crippen LogP contribution in [0.2, 0.25) is 19.6 Å². The summed E-state index contributed by atoms with van der Waals surface area (Å²) in [7, 11) is -1.50. The van der Waals surface area contributed by atoms with E-state index in [-0.39, 0.29) is 31.9 Å². The number of nitrogens with zero attached hydrogens (tertiary/aromatic N) is 3. The first-order valence-electron chi connectivity index (χ1n) is 22.6. The first-order chi connectivity index (χ1) is 30.7. The van der Waals surface area contributed by atoms with Crippen LogP contribution in [0, 0.1) is 12.1 Å². The van der Waals surface area contributed by atoms with E-state index >= 15 is 0 Å². The Morgan fingerprint density at radius 2 is 1.31 bits per heavy atom. The first kappa shape index (κ1) is 43.3. The molecule has 0 aliphatic carbocycles. The Morgan fingerprint density at radius 1 is 0.641 bits per heavy atom. The molecule has 0 saturated carbocycles. The summed E-state index contributed by atoms with van der Waals surface area (Å²) in [5.41, 5.74) is 13.9. The van der Waals surface area contributed by atoms with E-state index in [9.17, 15) is 0 Å². The van der Waals surface area contributed by atoms with E-state index in [4.69, 9.17) is 10.8 Å². The van der Waals surface area contributed by atoms with Gasteiger partial charge in [0.15, 0.2) is 0 Å². The Kier molecular flexibility index (Phi) is 12.4. The van der Waals surface area contributed by atoms with Crippen molar-refractivity contribution in [1.82, 2.24) is 14.5 Å². The number of hydrogen-bond acceptors (Lipinski definition) is 3. The zero-order valence-electron chi connectivity index (χ0n) is 39.2. The van der Waals surface area contributed by atoms with Crippen molar-refractivity contribution in [2.24, 2.45) is 0 Å². The van der Waals surface area contributed by atoms with Crippen molar-refractivity contribution in [3.8, 4) is 39.5 Å². The number of para-hydroxylation sites is 1. The molecule has 0 N–H and O–H groups in total. The molecule has 1 radical (unpaired) electrons. The molecule has 4 nitrogen and oxygen atoms in total. The summed E-state index contributed by atoms with van der Waals surface area (Å²) >= 11 is 0. The summed E-state index contributed by atoms with van der Waals surface area (Å²) in [6.07, 6.45) is 1.98. The van der Waals surface area contributed by atoms with Gasteiger partial charge in [-0.15, -0.1) is 54.1 Å². The molecule has 0 saturated heterocycles. The number of fused-ring (bicyclic) bond motifs is 6. The van der Waals surface area contributed by atoms with E-state index in [1.165, 1.54) is 43.9 Å². The maximum absolute atomic E-state index is 8.44. The number of aromatic nitrogens is 3. The smallest absolute Gasteiger partial charge is 0.120 e. The summed E-state index contributed by atoms with van der Waals surface area (Å²) in [6, 6.07) is 57.5. The molecular formula is C58H55IrN3OSi-2. The van der Waals surface area contributed by atoms with Crippen LogP contribution in [0.15, 0.2) is 156 Å². The standard InChI is InChI=1S/C41H33N2O.C17H22NSi.Ir/c1-25(2)34-23-29(27-13-6-5-7-14-27)24-35(26(3)4)38(34)43-39-30-16-9-8-15-28(30)21-22-36(39)42-41(43)33-19-12-18-32-31-17-10-11-20-37(31)44-40(32)33;1-13(2)15-11-16(14-9-7-6-8-10-14)18-12-17(15)19(3,4)5;/h5-18,20-26H,1-4H3;6-9,11-13H,1-5H3;/q2*-1;/i;13D;. The zero-order chi connectivity index (χ0) is 44.9. The van der Waals surface area contributed by atoms with Gasteiger partial charge in [0.1, 0.15) is 5.58 Å². The third-order valence-electron chi connectivity index (χ3n) is 12.1. The molecule has 0 fully saturated rings. The van der Waals surface area contributed by atoms with Gasteiger partial charge >= 0.3 is 0 Å². The van der Waals surface area contributed by atoms with Crippen molar-refractivity contribution in [3.63, 3.8) is 0 Å². The fraction of sp³-hybridized carbons (Fsp3) is 0.207. The number of pyridine rings is 1. The largest absolute Gasteiger partial charge is 0.501 e. The molecule has 323 valence electrons.